The van der Waals surface area contributed by atoms with Gasteiger partial charge in [-0.25, -0.2) is 0 Å². The van der Waals surface area contributed by atoms with Gasteiger partial charge in [0.1, 0.15) is 13.2 Å². The molecule has 0 aromatic rings. The van der Waals surface area contributed by atoms with Gasteiger partial charge in [0.05, 0.1) is 0 Å². The number of hydrogen-bond donors (Lipinski definition) is 0. The number of carbonyl (C=O) groups is 3. The number of rotatable bonds is 67. The second-order valence-corrected chi connectivity index (χ2v) is 24.5. The Morgan fingerprint density at radius 2 is 0.481 bits per heavy atom. The van der Waals surface area contributed by atoms with Crippen LogP contribution in [0, 0.1) is 0 Å². The summed E-state index contributed by atoms with van der Waals surface area (Å²) in [6, 6.07) is 0. The van der Waals surface area contributed by atoms with Crippen molar-refractivity contribution < 1.29 is 28.6 Å². The van der Waals surface area contributed by atoms with Crippen LogP contribution in [0.3, 0.4) is 0 Å². The molecule has 0 aromatic carbocycles. The molecule has 0 aliphatic heterocycles. The first-order valence-electron chi connectivity index (χ1n) is 36.1. The molecule has 1 unspecified atom stereocenters. The van der Waals surface area contributed by atoms with Crippen molar-refractivity contribution in [3.63, 3.8) is 0 Å². The van der Waals surface area contributed by atoms with Crippen molar-refractivity contribution in [2.24, 2.45) is 0 Å². The van der Waals surface area contributed by atoms with E-state index >= 15 is 0 Å². The molecular formula is C75H138O6. The Hall–Kier alpha value is -2.63. The molecular weight excluding hydrogens is 997 g/mol. The summed E-state index contributed by atoms with van der Waals surface area (Å²) in [6.07, 6.45) is 88.5. The first-order valence-corrected chi connectivity index (χ1v) is 36.1. The molecule has 0 fully saturated rings. The van der Waals surface area contributed by atoms with E-state index in [0.29, 0.717) is 19.3 Å². The molecule has 0 saturated carbocycles. The highest BCUT2D eigenvalue weighted by Crippen LogP contribution is 2.19. The summed E-state index contributed by atoms with van der Waals surface area (Å²) in [7, 11) is 0. The molecule has 0 rings (SSSR count). The fourth-order valence-corrected chi connectivity index (χ4v) is 11.0. The van der Waals surface area contributed by atoms with Gasteiger partial charge in [-0.05, 0) is 57.8 Å². The molecule has 0 saturated heterocycles. The lowest BCUT2D eigenvalue weighted by atomic mass is 10.0. The molecule has 0 aliphatic rings. The Labute approximate surface area is 505 Å². The van der Waals surface area contributed by atoms with E-state index in [2.05, 4.69) is 69.4 Å². The third-order valence-electron chi connectivity index (χ3n) is 16.3. The minimum Gasteiger partial charge on any atom is -0.462 e. The van der Waals surface area contributed by atoms with Gasteiger partial charge in [-0.1, -0.05) is 365 Å². The summed E-state index contributed by atoms with van der Waals surface area (Å²) < 4.78 is 17.0. The van der Waals surface area contributed by atoms with E-state index in [1.807, 2.05) is 0 Å². The van der Waals surface area contributed by atoms with E-state index < -0.39 is 6.10 Å². The lowest BCUT2D eigenvalue weighted by molar-refractivity contribution is -0.167. The van der Waals surface area contributed by atoms with Crippen molar-refractivity contribution in [3.05, 3.63) is 48.6 Å². The minimum absolute atomic E-state index is 0.0657. The van der Waals surface area contributed by atoms with Crippen molar-refractivity contribution in [1.29, 1.82) is 0 Å². The second kappa shape index (κ2) is 69.9. The van der Waals surface area contributed by atoms with Crippen LogP contribution in [0.2, 0.25) is 0 Å². The molecule has 0 heterocycles. The van der Waals surface area contributed by atoms with Crippen LogP contribution in [0.1, 0.15) is 393 Å². The molecule has 0 spiro atoms. The third kappa shape index (κ3) is 68.0. The summed E-state index contributed by atoms with van der Waals surface area (Å²) in [4.78, 5) is 38.5. The van der Waals surface area contributed by atoms with Gasteiger partial charge in [0.25, 0.3) is 0 Å². The van der Waals surface area contributed by atoms with Gasteiger partial charge in [-0.15, -0.1) is 0 Å². The van der Waals surface area contributed by atoms with Crippen molar-refractivity contribution in [3.8, 4) is 0 Å². The zero-order valence-corrected chi connectivity index (χ0v) is 54.6. The predicted octanol–water partition coefficient (Wildman–Crippen LogP) is 24.9. The fraction of sp³-hybridized carbons (Fsp3) is 0.853. The number of allylic oxidation sites excluding steroid dienone is 8. The largest absolute Gasteiger partial charge is 0.462 e. The van der Waals surface area contributed by atoms with E-state index in [4.69, 9.17) is 14.2 Å². The summed E-state index contributed by atoms with van der Waals surface area (Å²) in [6.45, 7) is 6.61. The summed E-state index contributed by atoms with van der Waals surface area (Å²) in [5, 5.41) is 0. The molecule has 81 heavy (non-hydrogen) atoms. The van der Waals surface area contributed by atoms with Gasteiger partial charge >= 0.3 is 17.9 Å². The third-order valence-corrected chi connectivity index (χ3v) is 16.3. The fourth-order valence-electron chi connectivity index (χ4n) is 11.0. The Bertz CT molecular complexity index is 1400. The molecule has 0 bridgehead atoms. The molecule has 6 heteroatoms. The van der Waals surface area contributed by atoms with Crippen LogP contribution in [0.5, 0.6) is 0 Å². The first-order chi connectivity index (χ1) is 40.0. The van der Waals surface area contributed by atoms with Crippen LogP contribution >= 0.6 is 0 Å². The van der Waals surface area contributed by atoms with Gasteiger partial charge in [-0.3, -0.25) is 14.4 Å². The highest BCUT2D eigenvalue weighted by molar-refractivity contribution is 5.71. The quantitative estimate of drug-likeness (QED) is 0.0261. The summed E-state index contributed by atoms with van der Waals surface area (Å²) >= 11 is 0. The standard InChI is InChI=1S/C75H138O6/c1-4-7-10-13-16-19-22-25-28-31-34-35-36-37-38-39-40-41-42-45-47-50-53-56-59-62-65-68-74(77)80-71-72(81-75(78)69-66-63-60-57-54-51-48-44-33-30-27-24-21-18-15-12-9-6-3)70-79-73(76)67-64-61-58-55-52-49-46-43-32-29-26-23-20-17-14-11-8-5-2/h7,10,16,19,25,28,34-35,72H,4-6,8-9,11-15,17-18,20-24,26-27,29-33,36-71H2,1-3H3/b10-7-,19-16-,28-25-,35-34-. The van der Waals surface area contributed by atoms with E-state index in [9.17, 15) is 14.4 Å². The van der Waals surface area contributed by atoms with Gasteiger partial charge in [0.2, 0.25) is 0 Å². The zero-order valence-electron chi connectivity index (χ0n) is 54.6. The zero-order chi connectivity index (χ0) is 58.5. The minimum atomic E-state index is -0.770. The maximum absolute atomic E-state index is 13.0. The van der Waals surface area contributed by atoms with Gasteiger partial charge < -0.3 is 14.2 Å². The van der Waals surface area contributed by atoms with Crippen molar-refractivity contribution in [2.45, 2.75) is 399 Å². The maximum atomic E-state index is 13.0. The van der Waals surface area contributed by atoms with Crippen LogP contribution in [-0.4, -0.2) is 37.2 Å². The second-order valence-electron chi connectivity index (χ2n) is 24.5. The monoisotopic (exact) mass is 1140 g/mol. The van der Waals surface area contributed by atoms with Crippen molar-refractivity contribution in [1.82, 2.24) is 0 Å². The summed E-state index contributed by atoms with van der Waals surface area (Å²) in [5.74, 6) is -0.833. The van der Waals surface area contributed by atoms with Crippen LogP contribution in [0.15, 0.2) is 48.6 Å². The van der Waals surface area contributed by atoms with E-state index in [-0.39, 0.29) is 31.1 Å². The average molecular weight is 1140 g/mol. The highest BCUT2D eigenvalue weighted by Gasteiger charge is 2.19. The van der Waals surface area contributed by atoms with Gasteiger partial charge in [0.15, 0.2) is 6.10 Å². The number of hydrogen-bond acceptors (Lipinski definition) is 6. The number of ether oxygens (including phenoxy) is 3. The SMILES string of the molecule is CC/C=C\C/C=C\C/C=C\C/C=C\CCCCCCCCCCCCCCCCC(=O)OCC(COC(=O)CCCCCCCCCCCCCCCCCCCC)OC(=O)CCCCCCCCCCCCCCCCCCCC. The van der Waals surface area contributed by atoms with E-state index in [0.717, 1.165) is 83.5 Å². The predicted molar refractivity (Wildman–Crippen MR) is 353 cm³/mol. The molecule has 0 aliphatic carbocycles. The number of carbonyl (C=O) groups excluding carboxylic acids is 3. The molecule has 6 nitrogen and oxygen atoms in total. The number of esters is 3. The summed E-state index contributed by atoms with van der Waals surface area (Å²) in [5.41, 5.74) is 0. The Morgan fingerprint density at radius 1 is 0.259 bits per heavy atom. The molecule has 0 aromatic heterocycles. The lowest BCUT2D eigenvalue weighted by Crippen LogP contribution is -2.30. The molecule has 0 amide bonds. The van der Waals surface area contributed by atoms with Crippen molar-refractivity contribution in [2.75, 3.05) is 13.2 Å². The Kier molecular flexibility index (Phi) is 67.6. The van der Waals surface area contributed by atoms with Crippen molar-refractivity contribution >= 4 is 17.9 Å². The van der Waals surface area contributed by atoms with E-state index in [1.54, 1.807) is 0 Å². The topological polar surface area (TPSA) is 78.9 Å². The Balaban J connectivity index is 4.26. The first kappa shape index (κ1) is 78.4. The smallest absolute Gasteiger partial charge is 0.306 e. The van der Waals surface area contributed by atoms with Crippen LogP contribution in [0.25, 0.3) is 0 Å². The Morgan fingerprint density at radius 3 is 0.753 bits per heavy atom. The van der Waals surface area contributed by atoms with Crippen LogP contribution in [0.4, 0.5) is 0 Å². The molecule has 0 radical (unpaired) electrons. The maximum Gasteiger partial charge on any atom is 0.306 e. The van der Waals surface area contributed by atoms with Gasteiger partial charge in [-0.2, -0.15) is 0 Å². The molecule has 0 N–H and O–H groups in total. The van der Waals surface area contributed by atoms with E-state index in [1.165, 1.54) is 270 Å². The highest BCUT2D eigenvalue weighted by atomic mass is 16.6. The number of unbranched alkanes of at least 4 members (excludes halogenated alkanes) is 48. The van der Waals surface area contributed by atoms with Gasteiger partial charge in [0, 0.05) is 19.3 Å². The average Bonchev–Trinajstić information content (AvgIpc) is 3.47. The lowest BCUT2D eigenvalue weighted by Gasteiger charge is -2.18. The molecule has 474 valence electrons. The van der Waals surface area contributed by atoms with Crippen LogP contribution in [-0.2, 0) is 28.6 Å². The van der Waals surface area contributed by atoms with Crippen LogP contribution < -0.4 is 0 Å². The molecule has 1 atom stereocenters. The normalized spacial score (nSPS) is 12.3.